The molecule has 0 fully saturated rings. The molecule has 48 heavy (non-hydrogen) atoms. The van der Waals surface area contributed by atoms with Crippen LogP contribution in [0.3, 0.4) is 0 Å². The molecule has 1 aliphatic heterocycles. The van der Waals surface area contributed by atoms with Gasteiger partial charge in [-0.05, 0) is 77.7 Å². The summed E-state index contributed by atoms with van der Waals surface area (Å²) in [6, 6.07) is 28.4. The Morgan fingerprint density at radius 3 is 2.44 bits per heavy atom. The van der Waals surface area contributed by atoms with Crippen LogP contribution in [-0.4, -0.2) is 63.5 Å². The number of benzene rings is 4. The molecule has 1 amide bonds. The van der Waals surface area contributed by atoms with E-state index in [1.54, 1.807) is 21.3 Å². The van der Waals surface area contributed by atoms with E-state index in [2.05, 4.69) is 26.8 Å². The average Bonchev–Trinajstić information content (AvgIpc) is 3.51. The molecule has 0 unspecified atom stereocenters. The Kier molecular flexibility index (Phi) is 11.9. The highest BCUT2D eigenvalue weighted by Gasteiger charge is 2.53. The smallest absolute Gasteiger partial charge is 0.266 e. The average molecular weight is 719 g/mol. The third kappa shape index (κ3) is 8.10. The molecule has 1 heterocycles. The largest absolute Gasteiger partial charge is 0.497 e. The van der Waals surface area contributed by atoms with Crippen molar-refractivity contribution in [2.24, 2.45) is 4.99 Å². The summed E-state index contributed by atoms with van der Waals surface area (Å²) in [4.78, 5) is 19.6. The zero-order chi connectivity index (χ0) is 33.9. The van der Waals surface area contributed by atoms with Gasteiger partial charge in [-0.25, -0.2) is 10.4 Å². The van der Waals surface area contributed by atoms with Gasteiger partial charge in [0, 0.05) is 36.0 Å². The first kappa shape index (κ1) is 34.7. The maximum atomic E-state index is 14.5. The van der Waals surface area contributed by atoms with Crippen LogP contribution in [0.2, 0.25) is 0 Å². The molecular weight excluding hydrogens is 678 g/mol. The minimum Gasteiger partial charge on any atom is -0.497 e. The molecule has 0 aromatic heterocycles. The molecule has 1 aliphatic rings. The van der Waals surface area contributed by atoms with Gasteiger partial charge in [-0.2, -0.15) is 0 Å². The van der Waals surface area contributed by atoms with E-state index in [9.17, 15) is 4.79 Å². The molecule has 11 heteroatoms. The van der Waals surface area contributed by atoms with Crippen LogP contribution in [0.15, 0.2) is 100 Å². The Labute approximate surface area is 289 Å². The Morgan fingerprint density at radius 2 is 1.71 bits per heavy atom. The molecule has 0 radical (unpaired) electrons. The van der Waals surface area contributed by atoms with Crippen molar-refractivity contribution in [2.45, 2.75) is 30.9 Å². The van der Waals surface area contributed by atoms with Gasteiger partial charge < -0.3 is 28.8 Å². The number of halogens is 1. The van der Waals surface area contributed by atoms with Crippen LogP contribution >= 0.6 is 15.9 Å². The summed E-state index contributed by atoms with van der Waals surface area (Å²) in [5.41, 5.74) is 8.00. The lowest BCUT2D eigenvalue weighted by atomic mass is 9.82. The molecular formula is C37H40BrN3O7. The Bertz CT molecular complexity index is 1720. The van der Waals surface area contributed by atoms with Gasteiger partial charge in [-0.1, -0.05) is 52.3 Å². The summed E-state index contributed by atoms with van der Waals surface area (Å²) >= 11 is 3.68. The highest BCUT2D eigenvalue weighted by Crippen LogP contribution is 2.44. The number of hydrogen-bond acceptors (Lipinski definition) is 9. The van der Waals surface area contributed by atoms with E-state index in [4.69, 9.17) is 33.8 Å². The van der Waals surface area contributed by atoms with E-state index in [1.165, 1.54) is 0 Å². The number of aliphatic hydroxyl groups is 1. The Hall–Kier alpha value is -4.58. The van der Waals surface area contributed by atoms with Gasteiger partial charge in [-0.3, -0.25) is 10.2 Å². The number of carbonyl (C=O) groups is 1. The van der Waals surface area contributed by atoms with Crippen molar-refractivity contribution in [1.82, 2.24) is 10.9 Å². The van der Waals surface area contributed by atoms with Crippen molar-refractivity contribution in [3.8, 4) is 23.0 Å². The third-order valence-corrected chi connectivity index (χ3v) is 8.81. The first-order valence-corrected chi connectivity index (χ1v) is 16.4. The van der Waals surface area contributed by atoms with Crippen LogP contribution in [-0.2, 0) is 22.4 Å². The van der Waals surface area contributed by atoms with Crippen LogP contribution in [0.1, 0.15) is 34.8 Å². The van der Waals surface area contributed by atoms with Crippen molar-refractivity contribution < 1.29 is 33.6 Å². The molecule has 0 aliphatic carbocycles. The van der Waals surface area contributed by atoms with E-state index >= 15 is 0 Å². The second-order valence-electron chi connectivity index (χ2n) is 11.2. The lowest BCUT2D eigenvalue weighted by Crippen LogP contribution is -2.54. The van der Waals surface area contributed by atoms with Gasteiger partial charge in [0.2, 0.25) is 5.90 Å². The highest BCUT2D eigenvalue weighted by atomic mass is 79.9. The number of nitrogens with one attached hydrogen (secondary N) is 2. The summed E-state index contributed by atoms with van der Waals surface area (Å²) in [6.45, 7) is 0.909. The number of hydrazine groups is 1. The van der Waals surface area contributed by atoms with Crippen LogP contribution < -0.4 is 29.8 Å². The molecule has 5 rings (SSSR count). The summed E-state index contributed by atoms with van der Waals surface area (Å²) in [6.07, 6.45) is 0.609. The predicted molar refractivity (Wildman–Crippen MR) is 187 cm³/mol. The minimum atomic E-state index is -1.40. The Balaban J connectivity index is 1.47. The van der Waals surface area contributed by atoms with Gasteiger partial charge in [0.25, 0.3) is 5.91 Å². The maximum absolute atomic E-state index is 14.5. The first-order valence-electron chi connectivity index (χ1n) is 15.6. The molecule has 2 atom stereocenters. The van der Waals surface area contributed by atoms with Gasteiger partial charge in [0.15, 0.2) is 23.1 Å². The monoisotopic (exact) mass is 717 g/mol. The number of nitrogens with zero attached hydrogens (tertiary/aromatic N) is 1. The molecule has 0 bridgehead atoms. The summed E-state index contributed by atoms with van der Waals surface area (Å²) in [5, 5.41) is 9.09. The van der Waals surface area contributed by atoms with Crippen molar-refractivity contribution in [3.63, 3.8) is 0 Å². The van der Waals surface area contributed by atoms with E-state index in [0.29, 0.717) is 60.5 Å². The fourth-order valence-electron chi connectivity index (χ4n) is 5.51. The Morgan fingerprint density at radius 1 is 0.917 bits per heavy atom. The topological polar surface area (TPSA) is 120 Å². The second-order valence-corrected chi connectivity index (χ2v) is 12.0. The molecule has 0 saturated heterocycles. The van der Waals surface area contributed by atoms with Crippen LogP contribution in [0, 0.1) is 0 Å². The van der Waals surface area contributed by atoms with E-state index in [0.717, 1.165) is 21.2 Å². The molecule has 4 aromatic carbocycles. The zero-order valence-corrected chi connectivity index (χ0v) is 28.8. The van der Waals surface area contributed by atoms with Crippen LogP contribution in [0.4, 0.5) is 0 Å². The maximum Gasteiger partial charge on any atom is 0.266 e. The van der Waals surface area contributed by atoms with Gasteiger partial charge in [-0.15, -0.1) is 0 Å². The fourth-order valence-corrected chi connectivity index (χ4v) is 5.94. The van der Waals surface area contributed by atoms with Crippen molar-refractivity contribution in [1.29, 1.82) is 0 Å². The lowest BCUT2D eigenvalue weighted by Gasteiger charge is -2.31. The highest BCUT2D eigenvalue weighted by molar-refractivity contribution is 9.10. The first-order chi connectivity index (χ1) is 23.4. The number of aliphatic hydroxyl groups excluding tert-OH is 1. The SMILES string of the molecule is COc1cccc([C@@H]2OC(c3ccc(OCCCO)cc3)=N[C@]2(Cc2ccccc2Br)C(=O)NNCCc2ccc(OC)c(OC)c2)c1. The molecule has 3 N–H and O–H groups in total. The number of hydrogen-bond donors (Lipinski definition) is 3. The zero-order valence-electron chi connectivity index (χ0n) is 27.2. The number of amides is 1. The molecule has 0 saturated carbocycles. The predicted octanol–water partition coefficient (Wildman–Crippen LogP) is 5.60. The molecule has 10 nitrogen and oxygen atoms in total. The normalized spacial score (nSPS) is 16.9. The van der Waals surface area contributed by atoms with Crippen LogP contribution in [0.5, 0.6) is 23.0 Å². The third-order valence-electron chi connectivity index (χ3n) is 8.03. The summed E-state index contributed by atoms with van der Waals surface area (Å²) in [7, 11) is 4.80. The summed E-state index contributed by atoms with van der Waals surface area (Å²) in [5.74, 6) is 2.57. The van der Waals surface area contributed by atoms with Crippen molar-refractivity contribution in [2.75, 3.05) is 41.1 Å². The second kappa shape index (κ2) is 16.5. The molecule has 252 valence electrons. The fraction of sp³-hybridized carbons (Fsp3) is 0.297. The van der Waals surface area contributed by atoms with Crippen molar-refractivity contribution in [3.05, 3.63) is 118 Å². The summed E-state index contributed by atoms with van der Waals surface area (Å²) < 4.78 is 29.5. The standard InChI is InChI=1S/C37H40BrN3O7/c1-44-30-10-6-9-27(23-30)34-37(24-28-8-4-5-11-31(28)38,40-35(48-34)26-13-15-29(16-14-26)47-21-7-20-42)36(43)41-39-19-18-25-12-17-32(45-2)33(22-25)46-3/h4-6,8-17,22-23,34,39,42H,7,18-21,24H2,1-3H3,(H,41,43)/t34-,37-/m0/s1. The van der Waals surface area contributed by atoms with Gasteiger partial charge in [0.05, 0.1) is 27.9 Å². The van der Waals surface area contributed by atoms with E-state index < -0.39 is 11.6 Å². The molecule has 0 spiro atoms. The van der Waals surface area contributed by atoms with E-state index in [1.807, 2.05) is 91.0 Å². The van der Waals surface area contributed by atoms with Crippen LogP contribution in [0.25, 0.3) is 0 Å². The number of methoxy groups -OCH3 is 3. The molecule has 4 aromatic rings. The number of rotatable bonds is 16. The number of aliphatic imine (C=N–C) groups is 1. The minimum absolute atomic E-state index is 0.0567. The lowest BCUT2D eigenvalue weighted by molar-refractivity contribution is -0.130. The quantitative estimate of drug-likeness (QED) is 0.101. The van der Waals surface area contributed by atoms with Gasteiger partial charge >= 0.3 is 0 Å². The number of ether oxygens (including phenoxy) is 5. The van der Waals surface area contributed by atoms with Gasteiger partial charge in [0.1, 0.15) is 11.5 Å². The number of carbonyl (C=O) groups excluding carboxylic acids is 1. The van der Waals surface area contributed by atoms with E-state index in [-0.39, 0.29) is 18.9 Å². The van der Waals surface area contributed by atoms with Crippen molar-refractivity contribution >= 4 is 27.7 Å².